The van der Waals surface area contributed by atoms with Gasteiger partial charge in [0.2, 0.25) is 5.88 Å². The normalized spacial score (nSPS) is 10.3. The molecule has 3 rings (SSSR count). The third-order valence-electron chi connectivity index (χ3n) is 3.73. The van der Waals surface area contributed by atoms with Crippen LogP contribution in [0, 0.1) is 18.3 Å². The molecule has 27 heavy (non-hydrogen) atoms. The van der Waals surface area contributed by atoms with Gasteiger partial charge in [-0.15, -0.1) is 0 Å². The van der Waals surface area contributed by atoms with Crippen molar-refractivity contribution in [2.24, 2.45) is 0 Å². The number of nitriles is 1. The van der Waals surface area contributed by atoms with Crippen molar-refractivity contribution in [2.45, 2.75) is 20.3 Å². The van der Waals surface area contributed by atoms with Crippen molar-refractivity contribution in [3.63, 3.8) is 0 Å². The van der Waals surface area contributed by atoms with Crippen LogP contribution in [-0.4, -0.2) is 26.9 Å². The molecule has 3 heterocycles. The minimum Gasteiger partial charge on any atom is -0.478 e. The molecular weight excluding hydrogens is 362 g/mol. The van der Waals surface area contributed by atoms with Crippen LogP contribution in [0.3, 0.4) is 0 Å². The zero-order valence-corrected chi connectivity index (χ0v) is 15.7. The molecule has 0 spiro atoms. The molecule has 1 N–H and O–H groups in total. The van der Waals surface area contributed by atoms with Crippen LogP contribution in [0.5, 0.6) is 5.88 Å². The highest BCUT2D eigenvalue weighted by molar-refractivity contribution is 7.06. The highest BCUT2D eigenvalue weighted by Gasteiger charge is 2.19. The van der Waals surface area contributed by atoms with E-state index in [4.69, 9.17) is 10.00 Å². The van der Waals surface area contributed by atoms with E-state index in [1.54, 1.807) is 43.6 Å². The molecule has 1 amide bonds. The molecular formula is C19H17N5O2S. The zero-order valence-electron chi connectivity index (χ0n) is 14.9. The first-order valence-corrected chi connectivity index (χ1v) is 9.08. The Kier molecular flexibility index (Phi) is 5.74. The van der Waals surface area contributed by atoms with Gasteiger partial charge in [0.05, 0.1) is 41.4 Å². The Bertz CT molecular complexity index is 992. The van der Waals surface area contributed by atoms with E-state index in [9.17, 15) is 4.79 Å². The number of aryl methyl sites for hydroxylation is 1. The van der Waals surface area contributed by atoms with Crippen LogP contribution in [0.2, 0.25) is 0 Å². The molecule has 8 heteroatoms. The van der Waals surface area contributed by atoms with E-state index in [0.717, 1.165) is 10.6 Å². The van der Waals surface area contributed by atoms with Gasteiger partial charge in [0.1, 0.15) is 0 Å². The number of carbonyl (C=O) groups is 1. The minimum atomic E-state index is -0.251. The Morgan fingerprint density at radius 2 is 2.19 bits per heavy atom. The number of ether oxygens (including phenoxy) is 1. The van der Waals surface area contributed by atoms with Crippen LogP contribution in [0.4, 0.5) is 5.69 Å². The van der Waals surface area contributed by atoms with E-state index < -0.39 is 0 Å². The molecule has 0 atom stereocenters. The third kappa shape index (κ3) is 4.46. The van der Waals surface area contributed by atoms with Gasteiger partial charge >= 0.3 is 0 Å². The number of amides is 1. The van der Waals surface area contributed by atoms with Crippen molar-refractivity contribution >= 4 is 23.1 Å². The molecule has 0 aliphatic carbocycles. The highest BCUT2D eigenvalue weighted by Crippen LogP contribution is 2.23. The van der Waals surface area contributed by atoms with Crippen LogP contribution in [-0.2, 0) is 6.42 Å². The lowest BCUT2D eigenvalue weighted by molar-refractivity contribution is 0.102. The van der Waals surface area contributed by atoms with Crippen molar-refractivity contribution in [3.8, 4) is 11.9 Å². The lowest BCUT2D eigenvalue weighted by Crippen LogP contribution is -2.14. The number of aromatic nitrogens is 3. The van der Waals surface area contributed by atoms with Crippen molar-refractivity contribution < 1.29 is 9.53 Å². The molecule has 136 valence electrons. The number of hydrogen-bond donors (Lipinski definition) is 1. The van der Waals surface area contributed by atoms with Gasteiger partial charge in [-0.1, -0.05) is 0 Å². The number of carbonyl (C=O) groups excluding carboxylic acids is 1. The van der Waals surface area contributed by atoms with Crippen molar-refractivity contribution in [3.05, 3.63) is 64.1 Å². The number of hydrogen-bond acceptors (Lipinski definition) is 7. The standard InChI is InChI=1S/C19H17N5O2S/c1-3-26-17-5-4-14(11-22-17)23-19(25)18-12(2)24-27-16(18)9-15-8-13(10-20)6-7-21-15/h4-8,11H,3,9H2,1-2H3,(H,23,25). The average Bonchev–Trinajstić information content (AvgIpc) is 3.04. The second-order valence-corrected chi connectivity index (χ2v) is 6.52. The van der Waals surface area contributed by atoms with E-state index in [1.165, 1.54) is 11.5 Å². The van der Waals surface area contributed by atoms with Gasteiger partial charge in [0.25, 0.3) is 5.91 Å². The van der Waals surface area contributed by atoms with E-state index in [-0.39, 0.29) is 5.91 Å². The van der Waals surface area contributed by atoms with Crippen LogP contribution < -0.4 is 10.1 Å². The number of rotatable bonds is 6. The lowest BCUT2D eigenvalue weighted by atomic mass is 10.1. The van der Waals surface area contributed by atoms with Gasteiger partial charge < -0.3 is 10.1 Å². The fourth-order valence-electron chi connectivity index (χ4n) is 2.52. The van der Waals surface area contributed by atoms with Crippen molar-refractivity contribution in [1.29, 1.82) is 5.26 Å². The number of anilines is 1. The number of pyridine rings is 2. The summed E-state index contributed by atoms with van der Waals surface area (Å²) in [5.74, 6) is 0.256. The first-order chi connectivity index (χ1) is 13.1. The number of nitrogens with one attached hydrogen (secondary N) is 1. The molecule has 7 nitrogen and oxygen atoms in total. The second kappa shape index (κ2) is 8.38. The maximum atomic E-state index is 12.8. The lowest BCUT2D eigenvalue weighted by Gasteiger charge is -2.08. The SMILES string of the molecule is CCOc1ccc(NC(=O)c2c(C)nsc2Cc2cc(C#N)ccn2)cn1. The summed E-state index contributed by atoms with van der Waals surface area (Å²) < 4.78 is 9.61. The van der Waals surface area contributed by atoms with E-state index in [1.807, 2.05) is 6.92 Å². The summed E-state index contributed by atoms with van der Waals surface area (Å²) in [6.45, 7) is 4.21. The summed E-state index contributed by atoms with van der Waals surface area (Å²) in [6, 6.07) is 8.90. The van der Waals surface area contributed by atoms with Gasteiger partial charge in [-0.2, -0.15) is 9.64 Å². The smallest absolute Gasteiger partial charge is 0.258 e. The van der Waals surface area contributed by atoms with Gasteiger partial charge in [0.15, 0.2) is 0 Å². The molecule has 0 aliphatic heterocycles. The highest BCUT2D eigenvalue weighted by atomic mass is 32.1. The van der Waals surface area contributed by atoms with Crippen LogP contribution in [0.15, 0.2) is 36.7 Å². The maximum absolute atomic E-state index is 12.8. The van der Waals surface area contributed by atoms with Crippen LogP contribution in [0.25, 0.3) is 0 Å². The fourth-order valence-corrected chi connectivity index (χ4v) is 3.40. The summed E-state index contributed by atoms with van der Waals surface area (Å²) in [5.41, 5.74) is 3.01. The second-order valence-electron chi connectivity index (χ2n) is 5.66. The zero-order chi connectivity index (χ0) is 19.2. The predicted octanol–water partition coefficient (Wildman–Crippen LogP) is 3.36. The molecule has 0 saturated heterocycles. The van der Waals surface area contributed by atoms with Gasteiger partial charge in [-0.25, -0.2) is 4.98 Å². The summed E-state index contributed by atoms with van der Waals surface area (Å²) in [4.78, 5) is 22.0. The quantitative estimate of drug-likeness (QED) is 0.705. The average molecular weight is 379 g/mol. The summed E-state index contributed by atoms with van der Waals surface area (Å²) in [5, 5.41) is 11.9. The van der Waals surface area contributed by atoms with Crippen LogP contribution in [0.1, 0.15) is 39.1 Å². The molecule has 0 unspecified atom stereocenters. The monoisotopic (exact) mass is 379 g/mol. The Morgan fingerprint density at radius 1 is 1.33 bits per heavy atom. The summed E-state index contributed by atoms with van der Waals surface area (Å²) in [7, 11) is 0. The third-order valence-corrected chi connectivity index (χ3v) is 4.67. The first kappa shape index (κ1) is 18.5. The fraction of sp³-hybridized carbons (Fsp3) is 0.211. The van der Waals surface area contributed by atoms with E-state index in [0.29, 0.717) is 41.4 Å². The van der Waals surface area contributed by atoms with Crippen molar-refractivity contribution in [2.75, 3.05) is 11.9 Å². The Balaban J connectivity index is 1.79. The predicted molar refractivity (Wildman–Crippen MR) is 102 cm³/mol. The minimum absolute atomic E-state index is 0.251. The maximum Gasteiger partial charge on any atom is 0.258 e. The van der Waals surface area contributed by atoms with Gasteiger partial charge in [-0.3, -0.25) is 9.78 Å². The van der Waals surface area contributed by atoms with Gasteiger partial charge in [0, 0.05) is 29.3 Å². The summed E-state index contributed by atoms with van der Waals surface area (Å²) >= 11 is 1.26. The molecule has 0 aromatic carbocycles. The Hall–Kier alpha value is -3.31. The molecule has 0 radical (unpaired) electrons. The topological polar surface area (TPSA) is 101 Å². The van der Waals surface area contributed by atoms with Crippen molar-refractivity contribution in [1.82, 2.24) is 14.3 Å². The molecule has 0 bridgehead atoms. The Labute approximate surface area is 160 Å². The molecule has 0 fully saturated rings. The van der Waals surface area contributed by atoms with Crippen LogP contribution >= 0.6 is 11.5 Å². The summed E-state index contributed by atoms with van der Waals surface area (Å²) in [6.07, 6.45) is 3.58. The Morgan fingerprint density at radius 3 is 2.89 bits per heavy atom. The number of nitrogens with zero attached hydrogens (tertiary/aromatic N) is 4. The molecule has 3 aromatic rings. The van der Waals surface area contributed by atoms with E-state index in [2.05, 4.69) is 25.7 Å². The first-order valence-electron chi connectivity index (χ1n) is 8.31. The molecule has 3 aromatic heterocycles. The largest absolute Gasteiger partial charge is 0.478 e. The van der Waals surface area contributed by atoms with E-state index >= 15 is 0 Å². The van der Waals surface area contributed by atoms with Gasteiger partial charge in [-0.05, 0) is 43.6 Å². The molecule has 0 saturated carbocycles. The molecule has 0 aliphatic rings.